The van der Waals surface area contributed by atoms with Crippen molar-refractivity contribution in [2.45, 2.75) is 37.5 Å². The molecule has 160 valence electrons. The van der Waals surface area contributed by atoms with Crippen LogP contribution in [0.1, 0.15) is 40.0 Å². The van der Waals surface area contributed by atoms with Crippen molar-refractivity contribution in [3.8, 4) is 0 Å². The fourth-order valence-electron chi connectivity index (χ4n) is 4.19. The van der Waals surface area contributed by atoms with Gasteiger partial charge in [0.05, 0.1) is 23.6 Å². The van der Waals surface area contributed by atoms with Crippen LogP contribution in [0.5, 0.6) is 0 Å². The molecule has 1 aromatic carbocycles. The molecule has 0 spiro atoms. The molecule has 2 fully saturated rings. The zero-order valence-electron chi connectivity index (χ0n) is 15.8. The molecule has 3 aliphatic rings. The molecule has 4 rings (SSSR count). The van der Waals surface area contributed by atoms with Crippen molar-refractivity contribution >= 4 is 29.3 Å². The van der Waals surface area contributed by atoms with Crippen molar-refractivity contribution in [3.05, 3.63) is 29.3 Å². The Balaban J connectivity index is 1.61. The van der Waals surface area contributed by atoms with Crippen LogP contribution >= 0.6 is 0 Å². The Morgan fingerprint density at radius 3 is 2.50 bits per heavy atom. The summed E-state index contributed by atoms with van der Waals surface area (Å²) >= 11 is 0. The highest BCUT2D eigenvalue weighted by atomic mass is 19.4. The molecule has 8 nitrogen and oxygen atoms in total. The van der Waals surface area contributed by atoms with E-state index < -0.39 is 48.3 Å². The van der Waals surface area contributed by atoms with E-state index in [4.69, 9.17) is 0 Å². The summed E-state index contributed by atoms with van der Waals surface area (Å²) < 4.78 is 38.9. The number of anilines is 1. The van der Waals surface area contributed by atoms with Gasteiger partial charge in [0.15, 0.2) is 0 Å². The Bertz CT molecular complexity index is 933. The number of hydrogen-bond donors (Lipinski definition) is 2. The van der Waals surface area contributed by atoms with E-state index in [1.54, 1.807) is 4.90 Å². The molecule has 2 unspecified atom stereocenters. The van der Waals surface area contributed by atoms with Crippen LogP contribution < -0.4 is 15.5 Å². The van der Waals surface area contributed by atoms with Gasteiger partial charge in [0, 0.05) is 31.7 Å². The monoisotopic (exact) mass is 424 g/mol. The summed E-state index contributed by atoms with van der Waals surface area (Å²) in [5.41, 5.74) is 0.554. The van der Waals surface area contributed by atoms with Gasteiger partial charge in [-0.15, -0.1) is 0 Å². The Kier molecular flexibility index (Phi) is 5.00. The summed E-state index contributed by atoms with van der Waals surface area (Å²) in [4.78, 5) is 51.5. The van der Waals surface area contributed by atoms with Crippen molar-refractivity contribution in [1.82, 2.24) is 15.5 Å². The summed E-state index contributed by atoms with van der Waals surface area (Å²) in [6, 6.07) is 2.41. The molecule has 0 aliphatic carbocycles. The van der Waals surface area contributed by atoms with Gasteiger partial charge < -0.3 is 10.2 Å². The van der Waals surface area contributed by atoms with Crippen molar-refractivity contribution in [2.75, 3.05) is 24.5 Å². The van der Waals surface area contributed by atoms with E-state index in [-0.39, 0.29) is 30.5 Å². The maximum absolute atomic E-state index is 13.0. The van der Waals surface area contributed by atoms with E-state index in [9.17, 15) is 32.3 Å². The number of amides is 4. The number of piperidine rings is 1. The molecule has 2 atom stereocenters. The first kappa shape index (κ1) is 20.3. The smallest absolute Gasteiger partial charge is 0.366 e. The average molecular weight is 424 g/mol. The molecule has 4 amide bonds. The lowest BCUT2D eigenvalue weighted by atomic mass is 10.0. The summed E-state index contributed by atoms with van der Waals surface area (Å²) in [6.45, 7) is 0.950. The lowest BCUT2D eigenvalue weighted by molar-refractivity contribution is -0.139. The van der Waals surface area contributed by atoms with Crippen LogP contribution in [0.3, 0.4) is 0 Å². The van der Waals surface area contributed by atoms with Crippen LogP contribution in [-0.2, 0) is 9.59 Å². The number of imide groups is 2. The van der Waals surface area contributed by atoms with Crippen molar-refractivity contribution in [1.29, 1.82) is 0 Å². The molecule has 3 aliphatic heterocycles. The Morgan fingerprint density at radius 2 is 1.80 bits per heavy atom. The molecule has 3 heterocycles. The minimum Gasteiger partial charge on any atom is -0.366 e. The molecule has 30 heavy (non-hydrogen) atoms. The average Bonchev–Trinajstić information content (AvgIpc) is 2.92. The number of hydrogen-bond acceptors (Lipinski definition) is 6. The molecule has 2 saturated heterocycles. The second-order valence-electron chi connectivity index (χ2n) is 7.55. The first-order valence-electron chi connectivity index (χ1n) is 9.55. The number of halogens is 3. The third kappa shape index (κ3) is 3.64. The van der Waals surface area contributed by atoms with Gasteiger partial charge in [-0.3, -0.25) is 29.4 Å². The van der Waals surface area contributed by atoms with E-state index in [2.05, 4.69) is 10.6 Å². The molecular weight excluding hydrogens is 405 g/mol. The predicted octanol–water partition coefficient (Wildman–Crippen LogP) is 0.818. The minimum atomic E-state index is -4.34. The topological polar surface area (TPSA) is 98.8 Å². The van der Waals surface area contributed by atoms with Gasteiger partial charge in [-0.25, -0.2) is 0 Å². The largest absolute Gasteiger partial charge is 0.391 e. The minimum absolute atomic E-state index is 0.00889. The second kappa shape index (κ2) is 7.38. The normalized spacial score (nSPS) is 24.9. The van der Waals surface area contributed by atoms with E-state index in [1.807, 2.05) is 0 Å². The second-order valence-corrected chi connectivity index (χ2v) is 7.55. The van der Waals surface area contributed by atoms with Crippen molar-refractivity contribution in [2.24, 2.45) is 0 Å². The quantitative estimate of drug-likeness (QED) is 0.698. The molecule has 2 N–H and O–H groups in total. The Hall–Kier alpha value is -2.95. The van der Waals surface area contributed by atoms with Crippen molar-refractivity contribution < 1.29 is 32.3 Å². The van der Waals surface area contributed by atoms with Gasteiger partial charge in [0.1, 0.15) is 6.04 Å². The number of benzene rings is 1. The van der Waals surface area contributed by atoms with Crippen LogP contribution in [0.2, 0.25) is 0 Å². The maximum atomic E-state index is 13.0. The number of fused-ring (bicyclic) bond motifs is 1. The predicted molar refractivity (Wildman–Crippen MR) is 97.8 cm³/mol. The fraction of sp³-hybridized carbons (Fsp3) is 0.474. The number of piperazine rings is 1. The van der Waals surface area contributed by atoms with Crippen LogP contribution in [-0.4, -0.2) is 66.4 Å². The number of rotatable bonds is 3. The van der Waals surface area contributed by atoms with E-state index in [0.717, 1.165) is 4.90 Å². The van der Waals surface area contributed by atoms with Gasteiger partial charge in [-0.05, 0) is 24.6 Å². The summed E-state index contributed by atoms with van der Waals surface area (Å²) in [6.07, 6.45) is -5.30. The van der Waals surface area contributed by atoms with Gasteiger partial charge in [0.25, 0.3) is 11.8 Å². The van der Waals surface area contributed by atoms with Gasteiger partial charge >= 0.3 is 6.18 Å². The Morgan fingerprint density at radius 1 is 1.07 bits per heavy atom. The van der Waals surface area contributed by atoms with E-state index >= 15 is 0 Å². The summed E-state index contributed by atoms with van der Waals surface area (Å²) in [7, 11) is 0. The molecular formula is C19H19F3N4O4. The van der Waals surface area contributed by atoms with E-state index in [0.29, 0.717) is 18.8 Å². The van der Waals surface area contributed by atoms with Crippen LogP contribution in [0.25, 0.3) is 0 Å². The molecule has 0 saturated carbocycles. The molecule has 0 radical (unpaired) electrons. The number of carbonyl (C=O) groups is 4. The van der Waals surface area contributed by atoms with Crippen LogP contribution in [0, 0.1) is 0 Å². The van der Waals surface area contributed by atoms with Gasteiger partial charge in [-0.2, -0.15) is 13.2 Å². The summed E-state index contributed by atoms with van der Waals surface area (Å²) in [5, 5.41) is 5.06. The molecule has 11 heteroatoms. The lowest BCUT2D eigenvalue weighted by Gasteiger charge is -2.38. The summed E-state index contributed by atoms with van der Waals surface area (Å²) in [5.74, 6) is -2.52. The SMILES string of the molecule is O=C1CCC(N2C(=O)c3ccc(N4CCNCC4CC(F)(F)F)cc3C2=O)C(=O)N1. The Labute approximate surface area is 169 Å². The number of nitrogens with one attached hydrogen (secondary N) is 2. The van der Waals surface area contributed by atoms with Gasteiger partial charge in [0.2, 0.25) is 11.8 Å². The number of carbonyl (C=O) groups excluding carboxylic acids is 4. The maximum Gasteiger partial charge on any atom is 0.391 e. The highest BCUT2D eigenvalue weighted by Crippen LogP contribution is 2.33. The number of alkyl halides is 3. The first-order valence-corrected chi connectivity index (χ1v) is 9.55. The van der Waals surface area contributed by atoms with Crippen LogP contribution in [0.4, 0.5) is 18.9 Å². The van der Waals surface area contributed by atoms with Crippen molar-refractivity contribution in [3.63, 3.8) is 0 Å². The molecule has 0 bridgehead atoms. The first-order chi connectivity index (χ1) is 14.2. The number of nitrogens with zero attached hydrogens (tertiary/aromatic N) is 2. The van der Waals surface area contributed by atoms with Gasteiger partial charge in [-0.1, -0.05) is 0 Å². The highest BCUT2D eigenvalue weighted by molar-refractivity contribution is 6.23. The zero-order valence-corrected chi connectivity index (χ0v) is 15.8. The zero-order chi connectivity index (χ0) is 21.6. The van der Waals surface area contributed by atoms with E-state index in [1.165, 1.54) is 18.2 Å². The lowest BCUT2D eigenvalue weighted by Crippen LogP contribution is -2.54. The molecule has 0 aromatic heterocycles. The highest BCUT2D eigenvalue weighted by Gasteiger charge is 2.45. The fourth-order valence-corrected chi connectivity index (χ4v) is 4.19. The standard InChI is InChI=1S/C19H19F3N4O4/c20-19(21,22)8-11-9-23-5-6-25(11)10-1-2-12-13(7-10)18(30)26(17(12)29)14-3-4-15(27)24-16(14)28/h1-2,7,11,14,23H,3-6,8-9H2,(H,24,27,28). The third-order valence-corrected chi connectivity index (χ3v) is 5.57. The molecule has 1 aromatic rings. The van der Waals surface area contributed by atoms with Crippen LogP contribution in [0.15, 0.2) is 18.2 Å². The third-order valence-electron chi connectivity index (χ3n) is 5.57.